The molecule has 0 saturated carbocycles. The SMILES string of the molecule is COCCOc1cc2nccc(Oc3ccc(NC(=O)Oc4ccccc4)cc3)c2cc1C(N)=O. The quantitative estimate of drug-likeness (QED) is 0.336. The maximum atomic E-state index is 12.1. The van der Waals surface area contributed by atoms with E-state index in [0.29, 0.717) is 46.2 Å². The highest BCUT2D eigenvalue weighted by Gasteiger charge is 2.15. The summed E-state index contributed by atoms with van der Waals surface area (Å²) in [6.45, 7) is 0.624. The molecule has 0 saturated heterocycles. The van der Waals surface area contributed by atoms with Gasteiger partial charge in [-0.25, -0.2) is 4.79 Å². The number of methoxy groups -OCH3 is 1. The number of nitrogens with zero attached hydrogens (tertiary/aromatic N) is 1. The lowest BCUT2D eigenvalue weighted by Crippen LogP contribution is -2.16. The number of primary amides is 1. The van der Waals surface area contributed by atoms with Crippen LogP contribution in [-0.2, 0) is 4.74 Å². The topological polar surface area (TPSA) is 122 Å². The maximum absolute atomic E-state index is 12.1. The van der Waals surface area contributed by atoms with Gasteiger partial charge in [0.25, 0.3) is 5.91 Å². The van der Waals surface area contributed by atoms with Crippen molar-refractivity contribution in [2.24, 2.45) is 5.73 Å². The standard InChI is InChI=1S/C26H23N3O6/c1-32-13-14-33-24-16-22-20(15-21(24)25(27)30)23(11-12-28-22)34-19-9-7-17(8-10-19)29-26(31)35-18-5-3-2-4-6-18/h2-12,15-16H,13-14H2,1H3,(H2,27,30)(H,29,31). The fourth-order valence-corrected chi connectivity index (χ4v) is 3.26. The molecule has 0 bridgehead atoms. The second kappa shape index (κ2) is 11.0. The van der Waals surface area contributed by atoms with Crippen LogP contribution in [0.1, 0.15) is 10.4 Å². The molecule has 2 amide bonds. The van der Waals surface area contributed by atoms with E-state index in [0.717, 1.165) is 0 Å². The van der Waals surface area contributed by atoms with Crippen LogP contribution in [0.2, 0.25) is 0 Å². The second-order valence-corrected chi connectivity index (χ2v) is 7.33. The van der Waals surface area contributed by atoms with Gasteiger partial charge in [-0.3, -0.25) is 15.1 Å². The van der Waals surface area contributed by atoms with Crippen molar-refractivity contribution in [3.8, 4) is 23.0 Å². The van der Waals surface area contributed by atoms with E-state index < -0.39 is 12.0 Å². The molecule has 0 spiro atoms. The first-order valence-electron chi connectivity index (χ1n) is 10.7. The summed E-state index contributed by atoms with van der Waals surface area (Å²) in [6, 6.07) is 20.4. The number of amides is 2. The van der Waals surface area contributed by atoms with Gasteiger partial charge in [0.1, 0.15) is 29.6 Å². The third-order valence-electron chi connectivity index (χ3n) is 4.90. The highest BCUT2D eigenvalue weighted by molar-refractivity contribution is 6.01. The first-order valence-corrected chi connectivity index (χ1v) is 10.7. The number of aromatic nitrogens is 1. The number of anilines is 1. The molecular formula is C26H23N3O6. The van der Waals surface area contributed by atoms with E-state index in [-0.39, 0.29) is 12.2 Å². The maximum Gasteiger partial charge on any atom is 0.417 e. The minimum absolute atomic E-state index is 0.211. The van der Waals surface area contributed by atoms with E-state index in [4.69, 9.17) is 24.7 Å². The van der Waals surface area contributed by atoms with E-state index in [1.807, 2.05) is 6.07 Å². The molecule has 0 atom stereocenters. The van der Waals surface area contributed by atoms with Crippen LogP contribution >= 0.6 is 0 Å². The Balaban J connectivity index is 1.50. The number of pyridine rings is 1. The van der Waals surface area contributed by atoms with Gasteiger partial charge in [0.2, 0.25) is 0 Å². The normalized spacial score (nSPS) is 10.5. The molecule has 9 nitrogen and oxygen atoms in total. The van der Waals surface area contributed by atoms with E-state index in [9.17, 15) is 9.59 Å². The number of nitrogens with one attached hydrogen (secondary N) is 1. The van der Waals surface area contributed by atoms with Crippen LogP contribution in [0.3, 0.4) is 0 Å². The molecule has 0 fully saturated rings. The van der Waals surface area contributed by atoms with Crippen molar-refractivity contribution in [3.63, 3.8) is 0 Å². The monoisotopic (exact) mass is 473 g/mol. The summed E-state index contributed by atoms with van der Waals surface area (Å²) < 4.78 is 21.9. The lowest BCUT2D eigenvalue weighted by atomic mass is 10.1. The first kappa shape index (κ1) is 23.5. The third-order valence-corrected chi connectivity index (χ3v) is 4.90. The minimum atomic E-state index is -0.632. The van der Waals surface area contributed by atoms with Gasteiger partial charge in [-0.15, -0.1) is 0 Å². The number of benzene rings is 3. The number of nitrogens with two attached hydrogens (primary N) is 1. The summed E-state index contributed by atoms with van der Waals surface area (Å²) in [7, 11) is 1.56. The van der Waals surface area contributed by atoms with Crippen LogP contribution in [0, 0.1) is 0 Å². The number of rotatable bonds is 9. The third kappa shape index (κ3) is 6.04. The van der Waals surface area contributed by atoms with E-state index in [1.165, 1.54) is 0 Å². The Bertz CT molecular complexity index is 1330. The molecule has 0 aliphatic heterocycles. The Hall–Kier alpha value is -4.63. The Morgan fingerprint density at radius 3 is 2.40 bits per heavy atom. The lowest BCUT2D eigenvalue weighted by Gasteiger charge is -2.13. The zero-order chi connectivity index (χ0) is 24.6. The van der Waals surface area contributed by atoms with Gasteiger partial charge in [-0.05, 0) is 48.5 Å². The number of fused-ring (bicyclic) bond motifs is 1. The van der Waals surface area contributed by atoms with E-state index in [1.54, 1.807) is 80.0 Å². The van der Waals surface area contributed by atoms with Crippen LogP contribution in [0.25, 0.3) is 10.9 Å². The van der Waals surface area contributed by atoms with Gasteiger partial charge in [0, 0.05) is 30.4 Å². The first-order chi connectivity index (χ1) is 17.0. The van der Waals surface area contributed by atoms with Crippen molar-refractivity contribution in [2.45, 2.75) is 0 Å². The molecule has 1 aromatic heterocycles. The molecule has 1 heterocycles. The molecule has 178 valence electrons. The number of carbonyl (C=O) groups excluding carboxylic acids is 2. The Morgan fingerprint density at radius 1 is 0.914 bits per heavy atom. The van der Waals surface area contributed by atoms with Crippen LogP contribution in [0.15, 0.2) is 79.0 Å². The average molecular weight is 473 g/mol. The Labute approximate surface area is 201 Å². The van der Waals surface area contributed by atoms with Gasteiger partial charge >= 0.3 is 6.09 Å². The summed E-state index contributed by atoms with van der Waals surface area (Å²) in [5.74, 6) is 1.12. The molecule has 4 aromatic rings. The summed E-state index contributed by atoms with van der Waals surface area (Å²) >= 11 is 0. The molecule has 3 N–H and O–H groups in total. The van der Waals surface area contributed by atoms with Gasteiger partial charge in [-0.2, -0.15) is 0 Å². The van der Waals surface area contributed by atoms with Gasteiger partial charge in [-0.1, -0.05) is 18.2 Å². The lowest BCUT2D eigenvalue weighted by molar-refractivity contribution is 0.0992. The molecule has 0 aliphatic carbocycles. The van der Waals surface area contributed by atoms with Crippen molar-refractivity contribution in [2.75, 3.05) is 25.6 Å². The number of para-hydroxylation sites is 1. The van der Waals surface area contributed by atoms with Crippen LogP contribution in [-0.4, -0.2) is 37.3 Å². The number of hydrogen-bond donors (Lipinski definition) is 2. The number of ether oxygens (including phenoxy) is 4. The van der Waals surface area contributed by atoms with Crippen LogP contribution in [0.4, 0.5) is 10.5 Å². The molecule has 9 heteroatoms. The highest BCUT2D eigenvalue weighted by atomic mass is 16.6. The molecule has 0 aliphatic rings. The van der Waals surface area contributed by atoms with Crippen molar-refractivity contribution >= 4 is 28.6 Å². The van der Waals surface area contributed by atoms with Crippen molar-refractivity contribution < 1.29 is 28.5 Å². The number of carbonyl (C=O) groups is 2. The Kier molecular flexibility index (Phi) is 7.39. The molecule has 0 radical (unpaired) electrons. The van der Waals surface area contributed by atoms with Crippen molar-refractivity contribution in [1.82, 2.24) is 4.98 Å². The molecular weight excluding hydrogens is 450 g/mol. The fourth-order valence-electron chi connectivity index (χ4n) is 3.26. The van der Waals surface area contributed by atoms with E-state index >= 15 is 0 Å². The molecule has 3 aromatic carbocycles. The van der Waals surface area contributed by atoms with Crippen LogP contribution in [0.5, 0.6) is 23.0 Å². The molecule has 0 unspecified atom stereocenters. The summed E-state index contributed by atoms with van der Waals surface area (Å²) in [5, 5.41) is 3.25. The smallest absolute Gasteiger partial charge is 0.417 e. The molecule has 35 heavy (non-hydrogen) atoms. The predicted molar refractivity (Wildman–Crippen MR) is 130 cm³/mol. The van der Waals surface area contributed by atoms with Gasteiger partial charge in [0.15, 0.2) is 0 Å². The zero-order valence-electron chi connectivity index (χ0n) is 18.9. The minimum Gasteiger partial charge on any atom is -0.490 e. The predicted octanol–water partition coefficient (Wildman–Crippen LogP) is 4.76. The second-order valence-electron chi connectivity index (χ2n) is 7.33. The average Bonchev–Trinajstić information content (AvgIpc) is 2.85. The van der Waals surface area contributed by atoms with Crippen molar-refractivity contribution in [3.05, 3.63) is 84.6 Å². The van der Waals surface area contributed by atoms with Crippen molar-refractivity contribution in [1.29, 1.82) is 0 Å². The fraction of sp³-hybridized carbons (Fsp3) is 0.115. The summed E-state index contributed by atoms with van der Waals surface area (Å²) in [5.41, 5.74) is 6.88. The largest absolute Gasteiger partial charge is 0.490 e. The summed E-state index contributed by atoms with van der Waals surface area (Å²) in [4.78, 5) is 28.4. The highest BCUT2D eigenvalue weighted by Crippen LogP contribution is 2.33. The molecule has 4 rings (SSSR count). The van der Waals surface area contributed by atoms with E-state index in [2.05, 4.69) is 10.3 Å². The Morgan fingerprint density at radius 2 is 1.69 bits per heavy atom. The van der Waals surface area contributed by atoms with Gasteiger partial charge < -0.3 is 24.7 Å². The van der Waals surface area contributed by atoms with Gasteiger partial charge in [0.05, 0.1) is 17.7 Å². The summed E-state index contributed by atoms with van der Waals surface area (Å²) in [6.07, 6.45) is 0.989. The number of hydrogen-bond acceptors (Lipinski definition) is 7. The van der Waals surface area contributed by atoms with Crippen LogP contribution < -0.4 is 25.3 Å². The zero-order valence-corrected chi connectivity index (χ0v) is 18.9.